The summed E-state index contributed by atoms with van der Waals surface area (Å²) in [6.07, 6.45) is 3.48. The number of likely N-dealkylation sites (tertiary alicyclic amines) is 1. The number of alkyl halides is 3. The van der Waals surface area contributed by atoms with E-state index in [9.17, 15) is 37.5 Å². The second-order valence-corrected chi connectivity index (χ2v) is 14.4. The summed E-state index contributed by atoms with van der Waals surface area (Å²) in [5, 5.41) is 17.2. The highest BCUT2D eigenvalue weighted by Gasteiger charge is 2.45. The fraction of sp³-hybridized carbons (Fsp3) is 0.417. The molecular weight excluding hydrogens is 731 g/mol. The van der Waals surface area contributed by atoms with Crippen molar-refractivity contribution in [1.82, 2.24) is 38.8 Å². The minimum atomic E-state index is -4.63. The quantitative estimate of drug-likeness (QED) is 0.275. The van der Waals surface area contributed by atoms with Gasteiger partial charge in [0.25, 0.3) is 11.5 Å². The van der Waals surface area contributed by atoms with E-state index in [-0.39, 0.29) is 59.4 Å². The van der Waals surface area contributed by atoms with Crippen molar-refractivity contribution in [2.75, 3.05) is 39.0 Å². The Balaban J connectivity index is 1.29. The number of nitrogens with one attached hydrogen (secondary N) is 1. The van der Waals surface area contributed by atoms with Gasteiger partial charge in [0, 0.05) is 56.6 Å². The number of carbonyl (C=O) groups excluding carboxylic acids is 3. The molecule has 3 aliphatic rings. The van der Waals surface area contributed by atoms with Crippen LogP contribution in [0.1, 0.15) is 71.3 Å². The van der Waals surface area contributed by atoms with Gasteiger partial charge in [-0.05, 0) is 68.9 Å². The average molecular weight is 768 g/mol. The standard InChI is InChI=1S/C36H37ClF3N9O5/c1-45(2)34(54)47-16-4-3-7-25(47)30-43-33-48(20-27(51)42-23-11-10-21(19-22(23)37)36(38,39)40)24-8-5-12-35(28(24)31(52)49(33)44-30)13-17-46(18-14-35)32(53)29-26(50)9-6-15-41-29/h3-4,6,9-11,15,19,25,50H,5,7-8,12-14,16-18,20H2,1-2H3,(H,42,51). The smallest absolute Gasteiger partial charge is 0.416 e. The highest BCUT2D eigenvalue weighted by molar-refractivity contribution is 6.33. The van der Waals surface area contributed by atoms with Crippen LogP contribution in [0.3, 0.4) is 0 Å². The number of urea groups is 1. The Bertz CT molecular complexity index is 2240. The van der Waals surface area contributed by atoms with Crippen molar-refractivity contribution in [3.63, 3.8) is 0 Å². The molecule has 1 aromatic carbocycles. The van der Waals surface area contributed by atoms with Gasteiger partial charge < -0.3 is 29.7 Å². The van der Waals surface area contributed by atoms with Gasteiger partial charge in [0.15, 0.2) is 11.5 Å². The predicted molar refractivity (Wildman–Crippen MR) is 190 cm³/mol. The number of anilines is 1. The second-order valence-electron chi connectivity index (χ2n) is 14.0. The first-order valence-electron chi connectivity index (χ1n) is 17.4. The number of halogens is 4. The normalized spacial score (nSPS) is 18.1. The molecule has 2 aliphatic heterocycles. The maximum atomic E-state index is 14.6. The van der Waals surface area contributed by atoms with Crippen LogP contribution in [0.5, 0.6) is 5.75 Å². The molecule has 1 aliphatic carbocycles. The number of amides is 4. The summed E-state index contributed by atoms with van der Waals surface area (Å²) < 4.78 is 42.7. The van der Waals surface area contributed by atoms with Crippen LogP contribution in [-0.4, -0.2) is 95.5 Å². The fourth-order valence-corrected chi connectivity index (χ4v) is 8.02. The number of piperidine rings is 1. The molecule has 284 valence electrons. The number of benzene rings is 1. The molecule has 54 heavy (non-hydrogen) atoms. The van der Waals surface area contributed by atoms with Gasteiger partial charge in [-0.1, -0.05) is 23.8 Å². The lowest BCUT2D eigenvalue weighted by Gasteiger charge is -2.45. The molecule has 0 radical (unpaired) electrons. The summed E-state index contributed by atoms with van der Waals surface area (Å²) in [7, 11) is 3.26. The summed E-state index contributed by atoms with van der Waals surface area (Å²) in [5.41, 5.74) is -1.14. The molecule has 0 saturated carbocycles. The van der Waals surface area contributed by atoms with Crippen LogP contribution in [0.25, 0.3) is 5.78 Å². The van der Waals surface area contributed by atoms with Crippen LogP contribution in [0, 0.1) is 0 Å². The monoisotopic (exact) mass is 767 g/mol. The van der Waals surface area contributed by atoms with Crippen LogP contribution in [0.4, 0.5) is 23.7 Å². The second kappa shape index (κ2) is 14.1. The molecule has 4 amide bonds. The molecule has 1 saturated heterocycles. The molecule has 1 unspecified atom stereocenters. The van der Waals surface area contributed by atoms with E-state index in [1.165, 1.54) is 27.7 Å². The highest BCUT2D eigenvalue weighted by atomic mass is 35.5. The van der Waals surface area contributed by atoms with Crippen molar-refractivity contribution < 1.29 is 32.7 Å². The molecule has 5 heterocycles. The molecule has 1 fully saturated rings. The van der Waals surface area contributed by atoms with Crippen LogP contribution >= 0.6 is 11.6 Å². The Morgan fingerprint density at radius 3 is 2.56 bits per heavy atom. The topological polar surface area (TPSA) is 158 Å². The van der Waals surface area contributed by atoms with Crippen molar-refractivity contribution in [3.8, 4) is 5.75 Å². The van der Waals surface area contributed by atoms with E-state index in [1.807, 2.05) is 12.2 Å². The van der Waals surface area contributed by atoms with Gasteiger partial charge in [0.05, 0.1) is 22.3 Å². The SMILES string of the molecule is CN(C)C(=O)N1CC=CCC1c1nc2n(CC(=O)Nc3ccc(C(F)(F)F)cc3Cl)c3c(c(=O)n2n1)C1(CCC3)CCN(C(=O)c2ncccc2O)CC1. The fourth-order valence-electron chi connectivity index (χ4n) is 7.79. The van der Waals surface area contributed by atoms with E-state index in [2.05, 4.69) is 15.4 Å². The Morgan fingerprint density at radius 2 is 1.87 bits per heavy atom. The van der Waals surface area contributed by atoms with Crippen molar-refractivity contribution in [3.05, 3.63) is 92.4 Å². The van der Waals surface area contributed by atoms with Crippen molar-refractivity contribution in [2.24, 2.45) is 0 Å². The van der Waals surface area contributed by atoms with Gasteiger partial charge in [-0.25, -0.2) is 9.78 Å². The molecule has 1 spiro atoms. The first-order chi connectivity index (χ1) is 25.7. The molecule has 2 N–H and O–H groups in total. The number of fused-ring (bicyclic) bond motifs is 3. The van der Waals surface area contributed by atoms with Crippen LogP contribution < -0.4 is 10.9 Å². The maximum absolute atomic E-state index is 14.6. The van der Waals surface area contributed by atoms with E-state index in [0.29, 0.717) is 56.3 Å². The van der Waals surface area contributed by atoms with Gasteiger partial charge in [-0.3, -0.25) is 14.4 Å². The number of hydrogen-bond donors (Lipinski definition) is 2. The first kappa shape index (κ1) is 36.9. The minimum absolute atomic E-state index is 0.0259. The van der Waals surface area contributed by atoms with Crippen LogP contribution in [0.15, 0.2) is 53.5 Å². The van der Waals surface area contributed by atoms with Crippen molar-refractivity contribution >= 4 is 40.9 Å². The molecule has 3 aromatic heterocycles. The van der Waals surface area contributed by atoms with Crippen LogP contribution in [-0.2, 0) is 29.4 Å². The highest BCUT2D eigenvalue weighted by Crippen LogP contribution is 2.44. The van der Waals surface area contributed by atoms with E-state index in [0.717, 1.165) is 18.2 Å². The number of rotatable bonds is 5. The van der Waals surface area contributed by atoms with Gasteiger partial charge in [0.2, 0.25) is 11.7 Å². The zero-order valence-corrected chi connectivity index (χ0v) is 30.2. The summed E-state index contributed by atoms with van der Waals surface area (Å²) in [4.78, 5) is 68.3. The van der Waals surface area contributed by atoms with Crippen molar-refractivity contribution in [2.45, 2.75) is 62.7 Å². The predicted octanol–water partition coefficient (Wildman–Crippen LogP) is 4.80. The van der Waals surface area contributed by atoms with E-state index in [1.54, 1.807) is 28.5 Å². The first-order valence-corrected chi connectivity index (χ1v) is 17.8. The van der Waals surface area contributed by atoms with Gasteiger partial charge in [-0.2, -0.15) is 22.7 Å². The zero-order chi connectivity index (χ0) is 38.5. The summed E-state index contributed by atoms with van der Waals surface area (Å²) in [5.74, 6) is -1.00. The molecule has 18 heteroatoms. The number of carbonyl (C=O) groups is 3. The summed E-state index contributed by atoms with van der Waals surface area (Å²) in [6.45, 7) is 0.462. The van der Waals surface area contributed by atoms with E-state index < -0.39 is 40.6 Å². The number of pyridine rings is 1. The average Bonchev–Trinajstić information content (AvgIpc) is 3.59. The number of hydrogen-bond acceptors (Lipinski definition) is 8. The lowest BCUT2D eigenvalue weighted by Crippen LogP contribution is -2.50. The minimum Gasteiger partial charge on any atom is -0.505 e. The molecule has 0 bridgehead atoms. The zero-order valence-electron chi connectivity index (χ0n) is 29.4. The molecule has 7 rings (SSSR count). The summed E-state index contributed by atoms with van der Waals surface area (Å²) in [6, 6.07) is 4.67. The van der Waals surface area contributed by atoms with Crippen molar-refractivity contribution in [1.29, 1.82) is 0 Å². The van der Waals surface area contributed by atoms with Gasteiger partial charge in [0.1, 0.15) is 12.3 Å². The summed E-state index contributed by atoms with van der Waals surface area (Å²) >= 11 is 6.17. The Morgan fingerprint density at radius 1 is 1.11 bits per heavy atom. The molecule has 1 atom stereocenters. The Kier molecular flexibility index (Phi) is 9.62. The third kappa shape index (κ3) is 6.65. The molecular formula is C36H37ClF3N9O5. The third-order valence-electron chi connectivity index (χ3n) is 10.5. The molecule has 14 nitrogen and oxygen atoms in total. The lowest BCUT2D eigenvalue weighted by molar-refractivity contribution is -0.137. The van der Waals surface area contributed by atoms with E-state index in [4.69, 9.17) is 16.6 Å². The maximum Gasteiger partial charge on any atom is 0.416 e. The Hall–Kier alpha value is -5.45. The van der Waals surface area contributed by atoms with Gasteiger partial charge >= 0.3 is 12.2 Å². The third-order valence-corrected chi connectivity index (χ3v) is 10.8. The largest absolute Gasteiger partial charge is 0.505 e. The number of nitrogens with zero attached hydrogens (tertiary/aromatic N) is 8. The van der Waals surface area contributed by atoms with E-state index >= 15 is 0 Å². The number of aromatic nitrogens is 5. The lowest BCUT2D eigenvalue weighted by atomic mass is 9.66. The molecule has 4 aromatic rings. The van der Waals surface area contributed by atoms with Crippen LogP contribution in [0.2, 0.25) is 5.02 Å². The Labute approximate surface area is 311 Å². The van der Waals surface area contributed by atoms with Gasteiger partial charge in [-0.15, -0.1) is 5.10 Å². The number of aromatic hydroxyl groups is 1.